The van der Waals surface area contributed by atoms with Crippen LogP contribution in [-0.4, -0.2) is 10.0 Å². The van der Waals surface area contributed by atoms with E-state index in [-0.39, 0.29) is 5.60 Å². The van der Waals surface area contributed by atoms with Crippen LogP contribution >= 0.6 is 38.5 Å². The Morgan fingerprint density at radius 3 is 2.68 bits per heavy atom. The maximum absolute atomic E-state index is 6.33. The molecule has 1 aromatic rings. The molecule has 1 aliphatic carbocycles. The van der Waals surface area contributed by atoms with Crippen LogP contribution in [0.25, 0.3) is 0 Å². The Labute approximate surface area is 138 Å². The van der Waals surface area contributed by atoms with Gasteiger partial charge in [0, 0.05) is 8.90 Å². The highest BCUT2D eigenvalue weighted by atomic mass is 127. The fraction of sp³-hybridized carbons (Fsp3) is 0.625. The van der Waals surface area contributed by atoms with Crippen molar-refractivity contribution in [2.45, 2.75) is 51.2 Å². The molecule has 0 radical (unpaired) electrons. The minimum absolute atomic E-state index is 0.120. The van der Waals surface area contributed by atoms with Crippen LogP contribution in [0, 0.1) is 5.92 Å². The molecule has 19 heavy (non-hydrogen) atoms. The number of benzene rings is 1. The van der Waals surface area contributed by atoms with Crippen molar-refractivity contribution in [3.63, 3.8) is 0 Å². The molecule has 0 aromatic heterocycles. The molecule has 1 saturated carbocycles. The summed E-state index contributed by atoms with van der Waals surface area (Å²) in [7, 11) is 0. The van der Waals surface area contributed by atoms with Crippen molar-refractivity contribution >= 4 is 38.5 Å². The van der Waals surface area contributed by atoms with E-state index in [9.17, 15) is 0 Å². The zero-order chi connectivity index (χ0) is 13.7. The summed E-state index contributed by atoms with van der Waals surface area (Å²) in [5.41, 5.74) is 1.38. The summed E-state index contributed by atoms with van der Waals surface area (Å²) in [6.07, 6.45) is 6.43. The average Bonchev–Trinajstić information content (AvgIpc) is 2.46. The normalized spacial score (nSPS) is 27.4. The van der Waals surface area contributed by atoms with E-state index in [2.05, 4.69) is 69.7 Å². The molecule has 1 aliphatic rings. The predicted molar refractivity (Wildman–Crippen MR) is 92.8 cm³/mol. The number of halogens is 2. The number of hydrogen-bond acceptors (Lipinski definition) is 1. The highest BCUT2D eigenvalue weighted by Gasteiger charge is 2.34. The van der Waals surface area contributed by atoms with Gasteiger partial charge in [0.15, 0.2) is 0 Å². The Kier molecular flexibility index (Phi) is 6.15. The largest absolute Gasteiger partial charge is 0.370 e. The predicted octanol–water partition coefficient (Wildman–Crippen LogP) is 5.74. The summed E-state index contributed by atoms with van der Waals surface area (Å²) in [4.78, 5) is 0. The molecule has 106 valence electrons. The zero-order valence-corrected chi connectivity index (χ0v) is 15.2. The molecule has 3 heteroatoms. The molecule has 0 spiro atoms. The molecular weight excluding hydrogens is 415 g/mol. The van der Waals surface area contributed by atoms with Crippen molar-refractivity contribution in [2.24, 2.45) is 5.92 Å². The van der Waals surface area contributed by atoms with Gasteiger partial charge in [0.2, 0.25) is 0 Å². The van der Waals surface area contributed by atoms with Crippen LogP contribution in [0.5, 0.6) is 0 Å². The summed E-state index contributed by atoms with van der Waals surface area (Å²) >= 11 is 6.01. The third-order valence-electron chi connectivity index (χ3n) is 4.27. The zero-order valence-electron chi connectivity index (χ0n) is 11.5. The van der Waals surface area contributed by atoms with Gasteiger partial charge in [0.25, 0.3) is 0 Å². The first-order chi connectivity index (χ1) is 9.17. The fourth-order valence-corrected chi connectivity index (χ4v) is 4.22. The van der Waals surface area contributed by atoms with Crippen molar-refractivity contribution in [3.8, 4) is 0 Å². The highest BCUT2D eigenvalue weighted by Crippen LogP contribution is 2.38. The lowest BCUT2D eigenvalue weighted by Gasteiger charge is -2.39. The molecule has 0 unspecified atom stereocenters. The molecule has 0 aliphatic heterocycles. The molecule has 0 amide bonds. The number of ether oxygens (including phenoxy) is 1. The van der Waals surface area contributed by atoms with E-state index in [1.54, 1.807) is 0 Å². The monoisotopic (exact) mass is 436 g/mol. The first-order valence-corrected chi connectivity index (χ1v) is 9.44. The van der Waals surface area contributed by atoms with Gasteiger partial charge >= 0.3 is 0 Å². The molecule has 1 aromatic carbocycles. The standard InChI is InChI=1S/C16H22BrIO/c1-2-13-6-8-16(12-18,9-7-13)19-11-14-4-3-5-15(17)10-14/h3-5,10,13H,2,6-9,11-12H2,1H3. The molecule has 2 rings (SSSR count). The fourth-order valence-electron chi connectivity index (χ4n) is 2.79. The van der Waals surface area contributed by atoms with E-state index in [4.69, 9.17) is 4.74 Å². The SMILES string of the molecule is CCC1CCC(CI)(OCc2cccc(Br)c2)CC1. The van der Waals surface area contributed by atoms with Crippen LogP contribution < -0.4 is 0 Å². The molecule has 0 N–H and O–H groups in total. The van der Waals surface area contributed by atoms with Gasteiger partial charge < -0.3 is 4.74 Å². The number of rotatable bonds is 5. The first kappa shape index (κ1) is 15.8. The van der Waals surface area contributed by atoms with Crippen molar-refractivity contribution < 1.29 is 4.74 Å². The lowest BCUT2D eigenvalue weighted by molar-refractivity contribution is -0.0690. The van der Waals surface area contributed by atoms with Crippen LogP contribution in [0.2, 0.25) is 0 Å². The Bertz CT molecular complexity index is 399. The second-order valence-electron chi connectivity index (χ2n) is 5.59. The summed E-state index contributed by atoms with van der Waals surface area (Å²) < 4.78 is 8.56. The molecule has 0 saturated heterocycles. The Hall–Kier alpha value is 0.390. The summed E-state index contributed by atoms with van der Waals surface area (Å²) in [5.74, 6) is 0.922. The molecule has 0 heterocycles. The summed E-state index contributed by atoms with van der Waals surface area (Å²) in [6.45, 7) is 3.04. The van der Waals surface area contributed by atoms with E-state index >= 15 is 0 Å². The lowest BCUT2D eigenvalue weighted by Crippen LogP contribution is -2.38. The van der Waals surface area contributed by atoms with E-state index in [0.717, 1.165) is 21.4 Å². The number of hydrogen-bond donors (Lipinski definition) is 0. The average molecular weight is 437 g/mol. The van der Waals surface area contributed by atoms with Crippen LogP contribution in [0.1, 0.15) is 44.6 Å². The minimum Gasteiger partial charge on any atom is -0.370 e. The molecule has 0 atom stereocenters. The second-order valence-corrected chi connectivity index (χ2v) is 7.27. The molecule has 1 nitrogen and oxygen atoms in total. The molecule has 1 fully saturated rings. The van der Waals surface area contributed by atoms with Gasteiger partial charge in [-0.3, -0.25) is 0 Å². The van der Waals surface area contributed by atoms with Crippen LogP contribution in [0.15, 0.2) is 28.7 Å². The highest BCUT2D eigenvalue weighted by molar-refractivity contribution is 14.1. The van der Waals surface area contributed by atoms with Gasteiger partial charge in [-0.05, 0) is 49.3 Å². The van der Waals surface area contributed by atoms with Crippen LogP contribution in [0.3, 0.4) is 0 Å². The van der Waals surface area contributed by atoms with Gasteiger partial charge in [0.1, 0.15) is 0 Å². The lowest BCUT2D eigenvalue weighted by atomic mass is 9.79. The van der Waals surface area contributed by atoms with Crippen LogP contribution in [-0.2, 0) is 11.3 Å². The van der Waals surface area contributed by atoms with E-state index in [1.807, 2.05) is 0 Å². The van der Waals surface area contributed by atoms with Gasteiger partial charge in [-0.25, -0.2) is 0 Å². The smallest absolute Gasteiger partial charge is 0.0776 e. The van der Waals surface area contributed by atoms with Crippen molar-refractivity contribution in [1.82, 2.24) is 0 Å². The topological polar surface area (TPSA) is 9.23 Å². The Balaban J connectivity index is 1.92. The van der Waals surface area contributed by atoms with E-state index in [0.29, 0.717) is 0 Å². The van der Waals surface area contributed by atoms with Gasteiger partial charge in [-0.15, -0.1) is 0 Å². The van der Waals surface area contributed by atoms with Crippen molar-refractivity contribution in [3.05, 3.63) is 34.3 Å². The van der Waals surface area contributed by atoms with Crippen LogP contribution in [0.4, 0.5) is 0 Å². The number of alkyl halides is 1. The maximum Gasteiger partial charge on any atom is 0.0776 e. The quantitative estimate of drug-likeness (QED) is 0.422. The van der Waals surface area contributed by atoms with Crippen molar-refractivity contribution in [1.29, 1.82) is 0 Å². The van der Waals surface area contributed by atoms with E-state index < -0.39 is 0 Å². The Morgan fingerprint density at radius 1 is 1.37 bits per heavy atom. The van der Waals surface area contributed by atoms with Gasteiger partial charge in [-0.1, -0.05) is 64.0 Å². The van der Waals surface area contributed by atoms with E-state index in [1.165, 1.54) is 37.7 Å². The molecule has 0 bridgehead atoms. The minimum atomic E-state index is 0.120. The van der Waals surface area contributed by atoms with Gasteiger partial charge in [-0.2, -0.15) is 0 Å². The molecular formula is C16H22BrIO. The maximum atomic E-state index is 6.33. The summed E-state index contributed by atoms with van der Waals surface area (Å²) in [5, 5.41) is 0. The third kappa shape index (κ3) is 4.43. The van der Waals surface area contributed by atoms with Gasteiger partial charge in [0.05, 0.1) is 12.2 Å². The Morgan fingerprint density at radius 2 is 2.11 bits per heavy atom. The third-order valence-corrected chi connectivity index (χ3v) is 6.15. The first-order valence-electron chi connectivity index (χ1n) is 7.12. The second kappa shape index (κ2) is 7.41. The van der Waals surface area contributed by atoms with Crippen molar-refractivity contribution in [2.75, 3.05) is 4.43 Å². The summed E-state index contributed by atoms with van der Waals surface area (Å²) in [6, 6.07) is 8.43.